The zero-order valence-corrected chi connectivity index (χ0v) is 13.4. The molecule has 1 saturated heterocycles. The number of rotatable bonds is 5. The Balaban J connectivity index is 1.71. The van der Waals surface area contributed by atoms with E-state index >= 15 is 0 Å². The van der Waals surface area contributed by atoms with Gasteiger partial charge in [0.15, 0.2) is 11.6 Å². The van der Waals surface area contributed by atoms with Gasteiger partial charge in [-0.15, -0.1) is 0 Å². The van der Waals surface area contributed by atoms with E-state index in [1.54, 1.807) is 10.9 Å². The first-order chi connectivity index (χ1) is 12.2. The Morgan fingerprint density at radius 3 is 2.88 bits per heavy atom. The van der Waals surface area contributed by atoms with Gasteiger partial charge < -0.3 is 9.84 Å². The van der Waals surface area contributed by atoms with Gasteiger partial charge in [-0.05, 0) is 18.6 Å². The Hall–Kier alpha value is -3.00. The number of carbonyl (C=O) groups is 1. The number of hydrogen-bond acceptors (Lipinski definition) is 5. The molecule has 8 heteroatoms. The molecular weight excluding hydrogens is 322 g/mol. The summed E-state index contributed by atoms with van der Waals surface area (Å²) >= 11 is 0. The summed E-state index contributed by atoms with van der Waals surface area (Å²) in [5.41, 5.74) is 1.64. The topological polar surface area (TPSA) is 95.1 Å². The van der Waals surface area contributed by atoms with E-state index in [2.05, 4.69) is 15.2 Å². The van der Waals surface area contributed by atoms with Gasteiger partial charge in [-0.2, -0.15) is 10.2 Å². The predicted octanol–water partition coefficient (Wildman–Crippen LogP) is 1.72. The van der Waals surface area contributed by atoms with E-state index in [0.717, 1.165) is 17.7 Å². The fourth-order valence-electron chi connectivity index (χ4n) is 2.88. The highest BCUT2D eigenvalue weighted by molar-refractivity contribution is 5.67. The molecule has 3 aromatic rings. The van der Waals surface area contributed by atoms with E-state index in [4.69, 9.17) is 9.84 Å². The minimum Gasteiger partial charge on any atom is -0.480 e. The van der Waals surface area contributed by atoms with Crippen LogP contribution in [-0.2, 0) is 16.1 Å². The number of carboxylic acids is 1. The average Bonchev–Trinajstić information content (AvgIpc) is 3.35. The molecule has 25 heavy (non-hydrogen) atoms. The second-order valence-corrected chi connectivity index (χ2v) is 5.91. The summed E-state index contributed by atoms with van der Waals surface area (Å²) in [4.78, 5) is 15.8. The van der Waals surface area contributed by atoms with Gasteiger partial charge in [0.05, 0.1) is 24.1 Å². The molecule has 1 aliphatic heterocycles. The van der Waals surface area contributed by atoms with Gasteiger partial charge in [-0.3, -0.25) is 4.79 Å². The molecule has 1 fully saturated rings. The summed E-state index contributed by atoms with van der Waals surface area (Å²) < 4.78 is 8.54. The first-order valence-corrected chi connectivity index (χ1v) is 8.05. The van der Waals surface area contributed by atoms with Crippen molar-refractivity contribution in [1.82, 2.24) is 24.5 Å². The number of aromatic nitrogens is 5. The van der Waals surface area contributed by atoms with Gasteiger partial charge in [0, 0.05) is 18.7 Å². The molecule has 4 rings (SSSR count). The summed E-state index contributed by atoms with van der Waals surface area (Å²) in [5, 5.41) is 17.9. The van der Waals surface area contributed by atoms with Crippen molar-refractivity contribution in [3.8, 4) is 17.1 Å². The maximum Gasteiger partial charge on any atom is 0.325 e. The van der Waals surface area contributed by atoms with E-state index in [1.165, 1.54) is 4.68 Å². The van der Waals surface area contributed by atoms with Crippen molar-refractivity contribution >= 4 is 5.97 Å². The third kappa shape index (κ3) is 3.16. The van der Waals surface area contributed by atoms with Crippen LogP contribution in [0.25, 0.3) is 17.1 Å². The van der Waals surface area contributed by atoms with E-state index in [1.807, 2.05) is 36.5 Å². The van der Waals surface area contributed by atoms with Crippen LogP contribution < -0.4 is 0 Å². The maximum absolute atomic E-state index is 11.2. The molecule has 0 bridgehead atoms. The molecule has 0 saturated carbocycles. The monoisotopic (exact) mass is 339 g/mol. The third-order valence-electron chi connectivity index (χ3n) is 4.13. The van der Waals surface area contributed by atoms with Crippen LogP contribution in [0.1, 0.15) is 18.2 Å². The largest absolute Gasteiger partial charge is 0.480 e. The van der Waals surface area contributed by atoms with Crippen LogP contribution in [0.5, 0.6) is 0 Å². The van der Waals surface area contributed by atoms with E-state index in [0.29, 0.717) is 24.9 Å². The first kappa shape index (κ1) is 15.5. The van der Waals surface area contributed by atoms with Gasteiger partial charge in [0.1, 0.15) is 6.54 Å². The second-order valence-electron chi connectivity index (χ2n) is 5.91. The molecule has 1 N–H and O–H groups in total. The third-order valence-corrected chi connectivity index (χ3v) is 4.13. The lowest BCUT2D eigenvalue weighted by Gasteiger charge is -2.01. The average molecular weight is 339 g/mol. The standard InChI is InChI=1S/C17H17N5O3/c23-15(24)10-22-17(19-16(20-22)12-6-7-25-11-12)13-8-18-21(9-13)14-4-2-1-3-5-14/h1-5,8-9,12H,6-7,10-11H2,(H,23,24)/t12-/m0/s1. The van der Waals surface area contributed by atoms with Crippen LogP contribution in [0.4, 0.5) is 0 Å². The van der Waals surface area contributed by atoms with Crippen molar-refractivity contribution < 1.29 is 14.6 Å². The van der Waals surface area contributed by atoms with Crippen molar-refractivity contribution in [2.75, 3.05) is 13.2 Å². The number of benzene rings is 1. The molecule has 0 amide bonds. The van der Waals surface area contributed by atoms with Crippen LogP contribution in [0.2, 0.25) is 0 Å². The predicted molar refractivity (Wildman–Crippen MR) is 88.4 cm³/mol. The fraction of sp³-hybridized carbons (Fsp3) is 0.294. The van der Waals surface area contributed by atoms with Crippen LogP contribution in [0.3, 0.4) is 0 Å². The number of para-hydroxylation sites is 1. The van der Waals surface area contributed by atoms with Crippen molar-refractivity contribution in [2.45, 2.75) is 18.9 Å². The van der Waals surface area contributed by atoms with Crippen molar-refractivity contribution in [1.29, 1.82) is 0 Å². The van der Waals surface area contributed by atoms with Crippen LogP contribution >= 0.6 is 0 Å². The number of nitrogens with zero attached hydrogens (tertiary/aromatic N) is 5. The Labute approximate surface area is 143 Å². The van der Waals surface area contributed by atoms with Crippen LogP contribution in [-0.4, -0.2) is 48.8 Å². The molecule has 0 unspecified atom stereocenters. The molecule has 8 nitrogen and oxygen atoms in total. The minimum atomic E-state index is -0.962. The van der Waals surface area contributed by atoms with E-state index < -0.39 is 5.97 Å². The molecule has 2 aromatic heterocycles. The smallest absolute Gasteiger partial charge is 0.325 e. The molecule has 0 radical (unpaired) electrons. The number of ether oxygens (including phenoxy) is 1. The SMILES string of the molecule is O=C(O)Cn1nc([C@H]2CCOC2)nc1-c1cnn(-c2ccccc2)c1. The van der Waals surface area contributed by atoms with Gasteiger partial charge in [-0.25, -0.2) is 14.3 Å². The first-order valence-electron chi connectivity index (χ1n) is 8.05. The lowest BCUT2D eigenvalue weighted by Crippen LogP contribution is -2.12. The highest BCUT2D eigenvalue weighted by Crippen LogP contribution is 2.26. The maximum atomic E-state index is 11.2. The summed E-state index contributed by atoms with van der Waals surface area (Å²) in [5.74, 6) is 0.279. The van der Waals surface area contributed by atoms with Gasteiger partial charge in [0.2, 0.25) is 0 Å². The molecule has 0 aliphatic carbocycles. The van der Waals surface area contributed by atoms with Gasteiger partial charge in [-0.1, -0.05) is 18.2 Å². The highest BCUT2D eigenvalue weighted by atomic mass is 16.5. The molecule has 0 spiro atoms. The second kappa shape index (κ2) is 6.48. The van der Waals surface area contributed by atoms with Crippen LogP contribution in [0.15, 0.2) is 42.7 Å². The molecule has 1 atom stereocenters. The van der Waals surface area contributed by atoms with Crippen LogP contribution in [0, 0.1) is 0 Å². The Morgan fingerprint density at radius 2 is 2.16 bits per heavy atom. The van der Waals surface area contributed by atoms with Crippen molar-refractivity contribution in [2.24, 2.45) is 0 Å². The Morgan fingerprint density at radius 1 is 1.32 bits per heavy atom. The lowest BCUT2D eigenvalue weighted by atomic mass is 10.1. The molecule has 1 aromatic carbocycles. The zero-order chi connectivity index (χ0) is 17.2. The van der Waals surface area contributed by atoms with E-state index in [-0.39, 0.29) is 12.5 Å². The summed E-state index contributed by atoms with van der Waals surface area (Å²) in [6, 6.07) is 9.69. The number of carboxylic acid groups (broad SMARTS) is 1. The zero-order valence-electron chi connectivity index (χ0n) is 13.4. The molecular formula is C17H17N5O3. The number of aliphatic carboxylic acids is 1. The molecule has 128 valence electrons. The van der Waals surface area contributed by atoms with Crippen molar-refractivity contribution in [3.63, 3.8) is 0 Å². The number of hydrogen-bond donors (Lipinski definition) is 1. The van der Waals surface area contributed by atoms with Gasteiger partial charge in [0.25, 0.3) is 0 Å². The Kier molecular flexibility index (Phi) is 4.02. The normalized spacial score (nSPS) is 17.0. The lowest BCUT2D eigenvalue weighted by molar-refractivity contribution is -0.137. The fourth-order valence-corrected chi connectivity index (χ4v) is 2.88. The summed E-state index contributed by atoms with van der Waals surface area (Å²) in [6.45, 7) is 1.01. The Bertz CT molecular complexity index is 881. The molecule has 3 heterocycles. The van der Waals surface area contributed by atoms with Crippen molar-refractivity contribution in [3.05, 3.63) is 48.5 Å². The highest BCUT2D eigenvalue weighted by Gasteiger charge is 2.25. The van der Waals surface area contributed by atoms with E-state index in [9.17, 15) is 4.79 Å². The molecule has 1 aliphatic rings. The minimum absolute atomic E-state index is 0.109. The summed E-state index contributed by atoms with van der Waals surface area (Å²) in [7, 11) is 0. The van der Waals surface area contributed by atoms with Gasteiger partial charge >= 0.3 is 5.97 Å². The quantitative estimate of drug-likeness (QED) is 0.760. The summed E-state index contributed by atoms with van der Waals surface area (Å²) in [6.07, 6.45) is 4.34.